The Morgan fingerprint density at radius 1 is 1.21 bits per heavy atom. The topological polar surface area (TPSA) is 114 Å². The lowest BCUT2D eigenvalue weighted by Gasteiger charge is -2.22. The number of hydrogen-bond acceptors (Lipinski definition) is 6. The second-order valence-corrected chi connectivity index (χ2v) is 9.78. The highest BCUT2D eigenvalue weighted by atomic mass is 32.2. The molecule has 1 saturated heterocycles. The van der Waals surface area contributed by atoms with Gasteiger partial charge < -0.3 is 15.5 Å². The minimum atomic E-state index is -1.32. The molecule has 0 bridgehead atoms. The van der Waals surface area contributed by atoms with Gasteiger partial charge in [-0.3, -0.25) is 9.40 Å². The van der Waals surface area contributed by atoms with E-state index in [0.717, 1.165) is 53.7 Å². The lowest BCUT2D eigenvalue weighted by Crippen LogP contribution is -2.29. The quantitative estimate of drug-likeness (QED) is 0.402. The molecule has 4 aromatic rings. The van der Waals surface area contributed by atoms with Crippen LogP contribution in [0.2, 0.25) is 0 Å². The number of nitrogen functional groups attached to an aromatic ring is 1. The Balaban J connectivity index is 1.50. The molecule has 0 aliphatic carbocycles. The summed E-state index contributed by atoms with van der Waals surface area (Å²) < 4.78 is 24.9. The second kappa shape index (κ2) is 8.97. The Labute approximate surface area is 194 Å². The molecule has 3 aromatic heterocycles. The van der Waals surface area contributed by atoms with Crippen LogP contribution in [0.4, 0.5) is 11.5 Å². The molecule has 0 amide bonds. The van der Waals surface area contributed by atoms with Crippen molar-refractivity contribution in [3.05, 3.63) is 48.9 Å². The zero-order valence-corrected chi connectivity index (χ0v) is 19.4. The fraction of sp³-hybridized carbons (Fsp3) is 0.304. The molecule has 172 valence electrons. The molecular formula is C23H27N7O2S. The zero-order valence-electron chi connectivity index (χ0n) is 18.6. The lowest BCUT2D eigenvalue weighted by molar-refractivity contribution is 0.343. The van der Waals surface area contributed by atoms with Gasteiger partial charge >= 0.3 is 0 Å². The molecule has 4 N–H and O–H groups in total. The van der Waals surface area contributed by atoms with Crippen molar-refractivity contribution >= 4 is 33.6 Å². The van der Waals surface area contributed by atoms with Gasteiger partial charge in [0.25, 0.3) is 0 Å². The number of nitrogens with zero attached hydrogens (tertiary/aromatic N) is 4. The predicted octanol–water partition coefficient (Wildman–Crippen LogP) is 3.42. The number of aromatic nitrogens is 3. The average molecular weight is 466 g/mol. The van der Waals surface area contributed by atoms with Crippen molar-refractivity contribution in [2.75, 3.05) is 37.6 Å². The molecule has 5 rings (SSSR count). The summed E-state index contributed by atoms with van der Waals surface area (Å²) >= 11 is -1.32. The molecule has 1 aromatic carbocycles. The van der Waals surface area contributed by atoms with Crippen molar-refractivity contribution in [3.63, 3.8) is 0 Å². The number of nitrogens with one attached hydrogen (secondary N) is 2. The standard InChI is InChI=1S/C23H27N7O2S/c1-29(2)33(31)28-17-5-3-4-15(10-17)21-11-19-20(13-26-23(24)22(19)32-21)16-12-27-30(14-16)18-6-8-25-9-7-18/h3-5,10-14,18,25,28H,6-9H2,1-2H3,(H2,24,26). The molecule has 4 heterocycles. The highest BCUT2D eigenvalue weighted by Gasteiger charge is 2.19. The Morgan fingerprint density at radius 2 is 2.03 bits per heavy atom. The summed E-state index contributed by atoms with van der Waals surface area (Å²) in [7, 11) is 3.49. The highest BCUT2D eigenvalue weighted by molar-refractivity contribution is 7.83. The van der Waals surface area contributed by atoms with E-state index in [1.54, 1.807) is 24.6 Å². The fourth-order valence-electron chi connectivity index (χ4n) is 4.09. The van der Waals surface area contributed by atoms with Gasteiger partial charge in [-0.1, -0.05) is 12.1 Å². The number of anilines is 2. The van der Waals surface area contributed by atoms with Crippen LogP contribution >= 0.6 is 0 Å². The molecule has 0 saturated carbocycles. The maximum atomic E-state index is 12.1. The first-order valence-corrected chi connectivity index (χ1v) is 12.0. The van der Waals surface area contributed by atoms with Crippen LogP contribution < -0.4 is 15.8 Å². The number of hydrogen-bond donors (Lipinski definition) is 3. The normalized spacial score (nSPS) is 15.8. The minimum Gasteiger partial charge on any atom is -0.452 e. The first kappa shape index (κ1) is 21.6. The largest absolute Gasteiger partial charge is 0.452 e. The maximum Gasteiger partial charge on any atom is 0.195 e. The molecule has 0 spiro atoms. The van der Waals surface area contributed by atoms with Gasteiger partial charge in [0.15, 0.2) is 22.6 Å². The van der Waals surface area contributed by atoms with Crippen LogP contribution in [-0.2, 0) is 11.2 Å². The van der Waals surface area contributed by atoms with Crippen molar-refractivity contribution in [1.29, 1.82) is 0 Å². The van der Waals surface area contributed by atoms with Gasteiger partial charge in [-0.25, -0.2) is 13.5 Å². The van der Waals surface area contributed by atoms with Gasteiger partial charge in [-0.2, -0.15) is 5.10 Å². The summed E-state index contributed by atoms with van der Waals surface area (Å²) in [6.45, 7) is 2.02. The first-order valence-electron chi connectivity index (χ1n) is 10.9. The van der Waals surface area contributed by atoms with E-state index >= 15 is 0 Å². The van der Waals surface area contributed by atoms with E-state index in [9.17, 15) is 4.21 Å². The van der Waals surface area contributed by atoms with Gasteiger partial charge in [0, 0.05) is 54.3 Å². The van der Waals surface area contributed by atoms with E-state index in [1.807, 2.05) is 36.5 Å². The van der Waals surface area contributed by atoms with Crippen LogP contribution in [0.15, 0.2) is 53.3 Å². The number of rotatable bonds is 6. The summed E-state index contributed by atoms with van der Waals surface area (Å²) in [6.07, 6.45) is 7.86. The molecule has 1 unspecified atom stereocenters. The molecule has 10 heteroatoms. The number of benzene rings is 1. The number of nitrogens with two attached hydrogens (primary N) is 1. The fourth-order valence-corrected chi connectivity index (χ4v) is 4.60. The summed E-state index contributed by atoms with van der Waals surface area (Å²) in [6, 6.07) is 9.98. The third kappa shape index (κ3) is 4.37. The minimum absolute atomic E-state index is 0.341. The molecule has 1 atom stereocenters. The van der Waals surface area contributed by atoms with Crippen LogP contribution in [-0.4, -0.2) is 50.5 Å². The van der Waals surface area contributed by atoms with Crippen molar-refractivity contribution in [2.24, 2.45) is 0 Å². The van der Waals surface area contributed by atoms with E-state index in [1.165, 1.54) is 0 Å². The van der Waals surface area contributed by atoms with E-state index in [-0.39, 0.29) is 0 Å². The number of pyridine rings is 1. The predicted molar refractivity (Wildman–Crippen MR) is 132 cm³/mol. The van der Waals surface area contributed by atoms with Crippen LogP contribution in [0.1, 0.15) is 18.9 Å². The summed E-state index contributed by atoms with van der Waals surface area (Å²) in [5, 5.41) is 8.90. The molecule has 1 aliphatic rings. The van der Waals surface area contributed by atoms with Crippen LogP contribution in [0, 0.1) is 0 Å². The Kier molecular flexibility index (Phi) is 5.88. The molecule has 33 heavy (non-hydrogen) atoms. The summed E-state index contributed by atoms with van der Waals surface area (Å²) in [5.41, 5.74) is 10.2. The zero-order chi connectivity index (χ0) is 22.9. The van der Waals surface area contributed by atoms with Crippen LogP contribution in [0.25, 0.3) is 33.4 Å². The van der Waals surface area contributed by atoms with Gasteiger partial charge in [0.2, 0.25) is 0 Å². The van der Waals surface area contributed by atoms with Gasteiger partial charge in [-0.05, 0) is 44.1 Å². The Bertz CT molecular complexity index is 1310. The monoisotopic (exact) mass is 465 g/mol. The lowest BCUT2D eigenvalue weighted by atomic mass is 10.1. The average Bonchev–Trinajstić information content (AvgIpc) is 3.49. The van der Waals surface area contributed by atoms with E-state index in [4.69, 9.17) is 10.2 Å². The van der Waals surface area contributed by atoms with Crippen LogP contribution in [0.5, 0.6) is 0 Å². The number of furan rings is 1. The third-order valence-corrected chi connectivity index (χ3v) is 6.94. The molecule has 1 aliphatic heterocycles. The van der Waals surface area contributed by atoms with E-state index in [2.05, 4.69) is 31.0 Å². The molecule has 0 radical (unpaired) electrons. The number of piperidine rings is 1. The van der Waals surface area contributed by atoms with Gasteiger partial charge in [0.05, 0.1) is 12.2 Å². The molecule has 9 nitrogen and oxygen atoms in total. The Morgan fingerprint density at radius 3 is 2.82 bits per heavy atom. The summed E-state index contributed by atoms with van der Waals surface area (Å²) in [5.74, 6) is 1.00. The summed E-state index contributed by atoms with van der Waals surface area (Å²) in [4.78, 5) is 4.37. The maximum absolute atomic E-state index is 12.1. The van der Waals surface area contributed by atoms with Gasteiger partial charge in [-0.15, -0.1) is 0 Å². The van der Waals surface area contributed by atoms with Crippen molar-refractivity contribution in [3.8, 4) is 22.5 Å². The second-order valence-electron chi connectivity index (χ2n) is 8.35. The third-order valence-electron chi connectivity index (χ3n) is 5.87. The van der Waals surface area contributed by atoms with Crippen LogP contribution in [0.3, 0.4) is 0 Å². The Hall–Kier alpha value is -3.21. The first-order chi connectivity index (χ1) is 16.0. The highest BCUT2D eigenvalue weighted by Crippen LogP contribution is 2.37. The van der Waals surface area contributed by atoms with Gasteiger partial charge in [0.1, 0.15) is 5.76 Å². The van der Waals surface area contributed by atoms with Crippen molar-refractivity contribution in [1.82, 2.24) is 24.4 Å². The SMILES string of the molecule is CN(C)S(=O)Nc1cccc(-c2cc3c(-c4cnn(C5CCNCC5)c4)cnc(N)c3o2)c1. The molecular weight excluding hydrogens is 438 g/mol. The number of fused-ring (bicyclic) bond motifs is 1. The van der Waals surface area contributed by atoms with E-state index in [0.29, 0.717) is 23.2 Å². The smallest absolute Gasteiger partial charge is 0.195 e. The van der Waals surface area contributed by atoms with E-state index < -0.39 is 11.2 Å². The van der Waals surface area contributed by atoms with Crippen molar-refractivity contribution < 1.29 is 8.63 Å². The van der Waals surface area contributed by atoms with Crippen molar-refractivity contribution in [2.45, 2.75) is 18.9 Å². The molecule has 1 fully saturated rings.